The first-order valence-corrected chi connectivity index (χ1v) is 8.73. The molecule has 0 spiro atoms. The summed E-state index contributed by atoms with van der Waals surface area (Å²) in [5.74, 6) is 1.14. The van der Waals surface area contributed by atoms with E-state index in [0.717, 1.165) is 13.0 Å². The zero-order chi connectivity index (χ0) is 17.5. The standard InChI is InChI=1S/C19H28N2O3/c1-12(2)24-15-9-7-6-8-14(15)20-18(22)21(5)16-13-10-11-23-17(13)19(16,3)4/h6-9,12-13,16-17H,10-11H2,1-5H3,(H,20,22)/t13-,16-,17-/m1/s1. The Kier molecular flexibility index (Phi) is 4.47. The van der Waals surface area contributed by atoms with Crippen molar-refractivity contribution in [2.45, 2.75) is 52.4 Å². The van der Waals surface area contributed by atoms with E-state index in [-0.39, 0.29) is 29.7 Å². The van der Waals surface area contributed by atoms with Gasteiger partial charge in [0.2, 0.25) is 0 Å². The summed E-state index contributed by atoms with van der Waals surface area (Å²) >= 11 is 0. The number of rotatable bonds is 4. The third-order valence-electron chi connectivity index (χ3n) is 5.27. The fourth-order valence-electron chi connectivity index (χ4n) is 4.34. The maximum absolute atomic E-state index is 12.8. The van der Waals surface area contributed by atoms with E-state index in [1.165, 1.54) is 0 Å². The van der Waals surface area contributed by atoms with Crippen LogP contribution in [-0.2, 0) is 4.74 Å². The molecule has 5 heteroatoms. The maximum atomic E-state index is 12.8. The predicted molar refractivity (Wildman–Crippen MR) is 94.4 cm³/mol. The molecule has 1 aromatic rings. The van der Waals surface area contributed by atoms with Crippen molar-refractivity contribution in [2.24, 2.45) is 11.3 Å². The number of nitrogens with one attached hydrogen (secondary N) is 1. The third-order valence-corrected chi connectivity index (χ3v) is 5.27. The van der Waals surface area contributed by atoms with E-state index in [0.29, 0.717) is 17.4 Å². The van der Waals surface area contributed by atoms with Gasteiger partial charge in [-0.15, -0.1) is 0 Å². The lowest BCUT2D eigenvalue weighted by molar-refractivity contribution is -0.137. The molecular formula is C19H28N2O3. The van der Waals surface area contributed by atoms with Crippen molar-refractivity contribution in [3.05, 3.63) is 24.3 Å². The van der Waals surface area contributed by atoms with Crippen LogP contribution in [0.5, 0.6) is 5.75 Å². The molecule has 2 fully saturated rings. The Morgan fingerprint density at radius 1 is 1.38 bits per heavy atom. The lowest BCUT2D eigenvalue weighted by Crippen LogP contribution is -2.67. The van der Waals surface area contributed by atoms with Crippen LogP contribution in [-0.4, -0.2) is 42.8 Å². The van der Waals surface area contributed by atoms with Crippen LogP contribution in [0.4, 0.5) is 10.5 Å². The summed E-state index contributed by atoms with van der Waals surface area (Å²) in [6.07, 6.45) is 1.36. The van der Waals surface area contributed by atoms with Crippen molar-refractivity contribution in [3.63, 3.8) is 0 Å². The zero-order valence-electron chi connectivity index (χ0n) is 15.2. The van der Waals surface area contributed by atoms with Gasteiger partial charge in [-0.05, 0) is 32.4 Å². The first-order chi connectivity index (χ1) is 11.3. The Labute approximate surface area is 144 Å². The Bertz CT molecular complexity index is 614. The molecule has 2 aliphatic rings. The van der Waals surface area contributed by atoms with Crippen molar-refractivity contribution < 1.29 is 14.3 Å². The highest BCUT2D eigenvalue weighted by atomic mass is 16.5. The normalized spacial score (nSPS) is 27.3. The molecule has 1 aromatic carbocycles. The number of hydrogen-bond donors (Lipinski definition) is 1. The minimum Gasteiger partial charge on any atom is -0.489 e. The van der Waals surface area contributed by atoms with Crippen LogP contribution in [0.3, 0.4) is 0 Å². The van der Waals surface area contributed by atoms with E-state index in [1.807, 2.05) is 50.1 Å². The van der Waals surface area contributed by atoms with Gasteiger partial charge in [-0.3, -0.25) is 0 Å². The van der Waals surface area contributed by atoms with Gasteiger partial charge in [-0.1, -0.05) is 26.0 Å². The van der Waals surface area contributed by atoms with E-state index in [4.69, 9.17) is 9.47 Å². The van der Waals surface area contributed by atoms with Crippen molar-refractivity contribution in [1.29, 1.82) is 0 Å². The van der Waals surface area contributed by atoms with Gasteiger partial charge in [0, 0.05) is 31.0 Å². The second-order valence-electron chi connectivity index (χ2n) is 7.71. The third kappa shape index (κ3) is 2.86. The van der Waals surface area contributed by atoms with Gasteiger partial charge in [0.1, 0.15) is 5.75 Å². The van der Waals surface area contributed by atoms with Gasteiger partial charge >= 0.3 is 6.03 Å². The number of ether oxygens (including phenoxy) is 2. The molecule has 0 bridgehead atoms. The molecule has 0 aromatic heterocycles. The molecule has 132 valence electrons. The summed E-state index contributed by atoms with van der Waals surface area (Å²) < 4.78 is 11.6. The molecule has 3 atom stereocenters. The molecule has 1 aliphatic carbocycles. The number of urea groups is 1. The monoisotopic (exact) mass is 332 g/mol. The molecule has 1 saturated heterocycles. The van der Waals surface area contributed by atoms with E-state index < -0.39 is 0 Å². The maximum Gasteiger partial charge on any atom is 0.321 e. The fourth-order valence-corrected chi connectivity index (χ4v) is 4.34. The Morgan fingerprint density at radius 3 is 2.79 bits per heavy atom. The highest BCUT2D eigenvalue weighted by Crippen LogP contribution is 2.54. The summed E-state index contributed by atoms with van der Waals surface area (Å²) in [5.41, 5.74) is 0.695. The molecule has 0 radical (unpaired) electrons. The van der Waals surface area contributed by atoms with Crippen LogP contribution in [0, 0.1) is 11.3 Å². The van der Waals surface area contributed by atoms with E-state index >= 15 is 0 Å². The van der Waals surface area contributed by atoms with Crippen molar-refractivity contribution >= 4 is 11.7 Å². The minimum atomic E-state index is -0.0989. The summed E-state index contributed by atoms with van der Waals surface area (Å²) in [6, 6.07) is 7.66. The number of para-hydroxylation sites is 2. The van der Waals surface area contributed by atoms with Crippen LogP contribution in [0.2, 0.25) is 0 Å². The van der Waals surface area contributed by atoms with E-state index in [9.17, 15) is 4.79 Å². The summed E-state index contributed by atoms with van der Waals surface area (Å²) in [6.45, 7) is 9.12. The number of nitrogens with zero attached hydrogens (tertiary/aromatic N) is 1. The number of carbonyl (C=O) groups excluding carboxylic acids is 1. The highest BCUT2D eigenvalue weighted by molar-refractivity contribution is 5.91. The molecule has 1 aliphatic heterocycles. The van der Waals surface area contributed by atoms with Crippen LogP contribution < -0.4 is 10.1 Å². The smallest absolute Gasteiger partial charge is 0.321 e. The summed E-state index contributed by atoms with van der Waals surface area (Å²) in [4.78, 5) is 14.6. The zero-order valence-corrected chi connectivity index (χ0v) is 15.2. The summed E-state index contributed by atoms with van der Waals surface area (Å²) in [5, 5.41) is 3.00. The predicted octanol–water partition coefficient (Wildman–Crippen LogP) is 3.75. The molecule has 1 N–H and O–H groups in total. The Balaban J connectivity index is 1.71. The largest absolute Gasteiger partial charge is 0.489 e. The van der Waals surface area contributed by atoms with E-state index in [2.05, 4.69) is 19.2 Å². The van der Waals surface area contributed by atoms with Crippen molar-refractivity contribution in [2.75, 3.05) is 19.0 Å². The van der Waals surface area contributed by atoms with Gasteiger partial charge in [-0.25, -0.2) is 4.79 Å². The lowest BCUT2D eigenvalue weighted by Gasteiger charge is -2.57. The molecule has 2 amide bonds. The van der Waals surface area contributed by atoms with Gasteiger partial charge in [0.05, 0.1) is 17.9 Å². The number of benzene rings is 1. The second kappa shape index (κ2) is 6.28. The molecule has 3 rings (SSSR count). The minimum absolute atomic E-state index is 0.0127. The SMILES string of the molecule is CC(C)Oc1ccccc1NC(=O)N(C)[C@@H]1[C@H]2CCO[C@H]2C1(C)C. The fraction of sp³-hybridized carbons (Fsp3) is 0.632. The second-order valence-corrected chi connectivity index (χ2v) is 7.71. The number of hydrogen-bond acceptors (Lipinski definition) is 3. The van der Waals surface area contributed by atoms with Crippen molar-refractivity contribution in [3.8, 4) is 5.75 Å². The first kappa shape index (κ1) is 17.1. The highest BCUT2D eigenvalue weighted by Gasteiger charge is 2.61. The van der Waals surface area contributed by atoms with Crippen molar-refractivity contribution in [1.82, 2.24) is 4.90 Å². The number of fused-ring (bicyclic) bond motifs is 1. The molecule has 24 heavy (non-hydrogen) atoms. The van der Waals surface area contributed by atoms with E-state index in [1.54, 1.807) is 0 Å². The molecule has 1 saturated carbocycles. The number of carbonyl (C=O) groups is 1. The Morgan fingerprint density at radius 2 is 2.08 bits per heavy atom. The average Bonchev–Trinajstić information content (AvgIpc) is 2.94. The van der Waals surface area contributed by atoms with Crippen LogP contribution in [0.1, 0.15) is 34.1 Å². The molecular weight excluding hydrogens is 304 g/mol. The molecule has 1 heterocycles. The van der Waals surface area contributed by atoms with Crippen LogP contribution in [0.25, 0.3) is 0 Å². The topological polar surface area (TPSA) is 50.8 Å². The lowest BCUT2D eigenvalue weighted by atomic mass is 9.57. The van der Waals surface area contributed by atoms with Gasteiger partial charge in [0.15, 0.2) is 0 Å². The first-order valence-electron chi connectivity index (χ1n) is 8.73. The number of amides is 2. The molecule has 5 nitrogen and oxygen atoms in total. The van der Waals surface area contributed by atoms with Crippen LogP contribution in [0.15, 0.2) is 24.3 Å². The van der Waals surface area contributed by atoms with Gasteiger partial charge in [0.25, 0.3) is 0 Å². The average molecular weight is 332 g/mol. The quantitative estimate of drug-likeness (QED) is 0.913. The Hall–Kier alpha value is -1.75. The number of anilines is 1. The van der Waals surface area contributed by atoms with Crippen LogP contribution >= 0.6 is 0 Å². The van der Waals surface area contributed by atoms with Gasteiger partial charge < -0.3 is 19.7 Å². The van der Waals surface area contributed by atoms with Gasteiger partial charge in [-0.2, -0.15) is 0 Å². The molecule has 0 unspecified atom stereocenters. The summed E-state index contributed by atoms with van der Waals surface area (Å²) in [7, 11) is 1.88.